The zero-order chi connectivity index (χ0) is 12.4. The summed E-state index contributed by atoms with van der Waals surface area (Å²) in [5.74, 6) is 0.909. The molecule has 98 valence electrons. The highest BCUT2D eigenvalue weighted by atomic mass is 14.4. The Kier molecular flexibility index (Phi) is 9.07. The number of hydrogen-bond acceptors (Lipinski definition) is 0. The zero-order valence-electron chi connectivity index (χ0n) is 12.4. The minimum atomic E-state index is 0.744. The van der Waals surface area contributed by atoms with Crippen molar-refractivity contribution in [2.45, 2.75) is 92.4 Å². The molecule has 0 bridgehead atoms. The molecular formula is C16H34. The molecule has 1 aliphatic carbocycles. The van der Waals surface area contributed by atoms with Crippen molar-refractivity contribution in [2.75, 3.05) is 0 Å². The third-order valence-corrected chi connectivity index (χ3v) is 4.35. The van der Waals surface area contributed by atoms with Crippen LogP contribution < -0.4 is 0 Å². The summed E-state index contributed by atoms with van der Waals surface area (Å²) in [6.07, 6.45) is 13.3. The first-order valence-electron chi connectivity index (χ1n) is 7.71. The van der Waals surface area contributed by atoms with Gasteiger partial charge in [0, 0.05) is 0 Å². The Morgan fingerprint density at radius 3 is 1.94 bits per heavy atom. The molecule has 0 saturated heterocycles. The summed E-state index contributed by atoms with van der Waals surface area (Å²) in [7, 11) is 0. The van der Waals surface area contributed by atoms with E-state index in [-0.39, 0.29) is 0 Å². The maximum absolute atomic E-state index is 2.44. The van der Waals surface area contributed by atoms with Gasteiger partial charge in [-0.05, 0) is 30.6 Å². The first-order chi connectivity index (χ1) is 7.71. The third-order valence-electron chi connectivity index (χ3n) is 4.35. The fraction of sp³-hybridized carbons (Fsp3) is 1.00. The lowest BCUT2D eigenvalue weighted by Crippen LogP contribution is -2.23. The highest BCUT2D eigenvalue weighted by Crippen LogP contribution is 2.47. The lowest BCUT2D eigenvalue weighted by atomic mass is 9.72. The molecule has 0 heterocycles. The van der Waals surface area contributed by atoms with Crippen LogP contribution in [0, 0.1) is 11.3 Å². The van der Waals surface area contributed by atoms with E-state index in [4.69, 9.17) is 0 Å². The van der Waals surface area contributed by atoms with Crippen LogP contribution in [0.1, 0.15) is 92.4 Å². The first kappa shape index (κ1) is 16.0. The topological polar surface area (TPSA) is 0 Å². The van der Waals surface area contributed by atoms with Gasteiger partial charge in [-0.1, -0.05) is 73.1 Å². The Balaban J connectivity index is 0.00000106. The maximum Gasteiger partial charge on any atom is -0.0274 e. The van der Waals surface area contributed by atoms with Gasteiger partial charge in [0.15, 0.2) is 0 Å². The zero-order valence-corrected chi connectivity index (χ0v) is 12.4. The van der Waals surface area contributed by atoms with Crippen LogP contribution in [-0.4, -0.2) is 0 Å². The summed E-state index contributed by atoms with van der Waals surface area (Å²) in [5.41, 5.74) is 0.744. The molecule has 0 aromatic rings. The van der Waals surface area contributed by atoms with Gasteiger partial charge in [-0.2, -0.15) is 0 Å². The Bertz CT molecular complexity index is 140. The van der Waals surface area contributed by atoms with Crippen molar-refractivity contribution < 1.29 is 0 Å². The highest BCUT2D eigenvalue weighted by molar-refractivity contribution is 4.86. The predicted octanol–water partition coefficient (Wildman–Crippen LogP) is 6.20. The molecule has 1 saturated carbocycles. The average molecular weight is 226 g/mol. The molecule has 0 aromatic carbocycles. The van der Waals surface area contributed by atoms with Gasteiger partial charge in [0.1, 0.15) is 0 Å². The van der Waals surface area contributed by atoms with Gasteiger partial charge in [-0.25, -0.2) is 0 Å². The molecule has 16 heavy (non-hydrogen) atoms. The Hall–Kier alpha value is 0. The van der Waals surface area contributed by atoms with Gasteiger partial charge >= 0.3 is 0 Å². The molecule has 0 heteroatoms. The van der Waals surface area contributed by atoms with Gasteiger partial charge in [-0.3, -0.25) is 0 Å². The van der Waals surface area contributed by atoms with Crippen LogP contribution >= 0.6 is 0 Å². The molecule has 1 aliphatic rings. The van der Waals surface area contributed by atoms with Gasteiger partial charge in [-0.15, -0.1) is 0 Å². The van der Waals surface area contributed by atoms with Crippen LogP contribution in [0.3, 0.4) is 0 Å². The second kappa shape index (κ2) is 9.07. The number of unbranched alkanes of at least 4 members (excludes halogenated alkanes) is 3. The standard InChI is InChI=1S/C14H28.C2H6/c1-4-5-6-7-10-14(13(2)3)11-8-9-12-14;1-2/h13H,4-12H2,1-3H3;1-2H3. The summed E-state index contributed by atoms with van der Waals surface area (Å²) in [5, 5.41) is 0. The van der Waals surface area contributed by atoms with E-state index in [1.54, 1.807) is 0 Å². The monoisotopic (exact) mass is 226 g/mol. The minimum Gasteiger partial charge on any atom is -0.0683 e. The molecule has 1 fully saturated rings. The van der Waals surface area contributed by atoms with E-state index in [0.717, 1.165) is 11.3 Å². The van der Waals surface area contributed by atoms with Gasteiger partial charge in [0.25, 0.3) is 0 Å². The fourth-order valence-corrected chi connectivity index (χ4v) is 3.10. The van der Waals surface area contributed by atoms with Crippen molar-refractivity contribution in [1.82, 2.24) is 0 Å². The SMILES string of the molecule is CC.CCCCCCC1(C(C)C)CCCC1. The molecule has 0 aliphatic heterocycles. The largest absolute Gasteiger partial charge is 0.0683 e. The molecule has 0 aromatic heterocycles. The van der Waals surface area contributed by atoms with E-state index in [9.17, 15) is 0 Å². The van der Waals surface area contributed by atoms with Crippen LogP contribution in [0.25, 0.3) is 0 Å². The van der Waals surface area contributed by atoms with Crippen molar-refractivity contribution in [2.24, 2.45) is 11.3 Å². The summed E-state index contributed by atoms with van der Waals surface area (Å²) in [6.45, 7) is 11.2. The fourth-order valence-electron chi connectivity index (χ4n) is 3.10. The maximum atomic E-state index is 2.44. The van der Waals surface area contributed by atoms with Crippen LogP contribution in [-0.2, 0) is 0 Å². The number of hydrogen-bond donors (Lipinski definition) is 0. The lowest BCUT2D eigenvalue weighted by molar-refractivity contribution is 0.172. The molecule has 0 atom stereocenters. The second-order valence-electron chi connectivity index (χ2n) is 5.53. The third kappa shape index (κ3) is 4.89. The lowest BCUT2D eigenvalue weighted by Gasteiger charge is -2.33. The number of rotatable bonds is 6. The molecule has 0 N–H and O–H groups in total. The van der Waals surface area contributed by atoms with E-state index in [1.165, 1.54) is 57.8 Å². The van der Waals surface area contributed by atoms with E-state index in [2.05, 4.69) is 20.8 Å². The van der Waals surface area contributed by atoms with E-state index in [1.807, 2.05) is 13.8 Å². The van der Waals surface area contributed by atoms with Gasteiger partial charge < -0.3 is 0 Å². The highest BCUT2D eigenvalue weighted by Gasteiger charge is 2.35. The summed E-state index contributed by atoms with van der Waals surface area (Å²) in [6, 6.07) is 0. The Labute approximate surface area is 104 Å². The van der Waals surface area contributed by atoms with Crippen LogP contribution in [0.15, 0.2) is 0 Å². The Morgan fingerprint density at radius 1 is 0.938 bits per heavy atom. The Morgan fingerprint density at radius 2 is 1.50 bits per heavy atom. The van der Waals surface area contributed by atoms with Crippen LogP contribution in [0.5, 0.6) is 0 Å². The molecule has 0 spiro atoms. The second-order valence-corrected chi connectivity index (χ2v) is 5.53. The molecule has 0 unspecified atom stereocenters. The minimum absolute atomic E-state index is 0.744. The summed E-state index contributed by atoms with van der Waals surface area (Å²) in [4.78, 5) is 0. The smallest absolute Gasteiger partial charge is 0.0274 e. The van der Waals surface area contributed by atoms with Crippen molar-refractivity contribution in [3.05, 3.63) is 0 Å². The summed E-state index contributed by atoms with van der Waals surface area (Å²) < 4.78 is 0. The molecule has 1 rings (SSSR count). The molecular weight excluding hydrogens is 192 g/mol. The first-order valence-corrected chi connectivity index (χ1v) is 7.71. The van der Waals surface area contributed by atoms with Crippen molar-refractivity contribution >= 4 is 0 Å². The average Bonchev–Trinajstić information content (AvgIpc) is 2.77. The van der Waals surface area contributed by atoms with Crippen molar-refractivity contribution in [3.8, 4) is 0 Å². The van der Waals surface area contributed by atoms with Crippen LogP contribution in [0.4, 0.5) is 0 Å². The normalized spacial score (nSPS) is 18.4. The molecule has 0 nitrogen and oxygen atoms in total. The predicted molar refractivity (Wildman–Crippen MR) is 75.8 cm³/mol. The van der Waals surface area contributed by atoms with Gasteiger partial charge in [0.05, 0.1) is 0 Å². The molecule has 0 radical (unpaired) electrons. The van der Waals surface area contributed by atoms with Crippen molar-refractivity contribution in [1.29, 1.82) is 0 Å². The van der Waals surface area contributed by atoms with Gasteiger partial charge in [0.2, 0.25) is 0 Å². The molecule has 0 amide bonds. The summed E-state index contributed by atoms with van der Waals surface area (Å²) >= 11 is 0. The van der Waals surface area contributed by atoms with Crippen LogP contribution in [0.2, 0.25) is 0 Å². The van der Waals surface area contributed by atoms with Crippen molar-refractivity contribution in [3.63, 3.8) is 0 Å². The van der Waals surface area contributed by atoms with E-state index < -0.39 is 0 Å². The van der Waals surface area contributed by atoms with E-state index >= 15 is 0 Å². The van der Waals surface area contributed by atoms with E-state index in [0.29, 0.717) is 0 Å². The quantitative estimate of drug-likeness (QED) is 0.473.